The van der Waals surface area contributed by atoms with Crippen LogP contribution in [-0.4, -0.2) is 60.0 Å². The Morgan fingerprint density at radius 2 is 1.24 bits per heavy atom. The van der Waals surface area contributed by atoms with Gasteiger partial charge in [0.25, 0.3) is 0 Å². The first-order valence-corrected chi connectivity index (χ1v) is 16.3. The molecule has 2 aliphatic rings. The largest absolute Gasteiger partial charge is 0.497 e. The monoisotopic (exact) mass is 660 g/mol. The predicted octanol–water partition coefficient (Wildman–Crippen LogP) is 7.49. The van der Waals surface area contributed by atoms with E-state index >= 15 is 0 Å². The zero-order valence-corrected chi connectivity index (χ0v) is 28.4. The van der Waals surface area contributed by atoms with E-state index < -0.39 is 11.2 Å². The zero-order valence-electron chi connectivity index (χ0n) is 28.4. The van der Waals surface area contributed by atoms with Crippen molar-refractivity contribution < 1.29 is 38.3 Å². The van der Waals surface area contributed by atoms with Crippen molar-refractivity contribution in [1.29, 1.82) is 0 Å². The predicted molar refractivity (Wildman–Crippen MR) is 189 cm³/mol. The van der Waals surface area contributed by atoms with Gasteiger partial charge in [-0.3, -0.25) is 0 Å². The quantitative estimate of drug-likeness (QED) is 0.138. The molecule has 1 atom stereocenters. The minimum absolute atomic E-state index is 0.0463. The van der Waals surface area contributed by atoms with Gasteiger partial charge in [-0.05, 0) is 89.7 Å². The van der Waals surface area contributed by atoms with Crippen LogP contribution in [0.15, 0.2) is 91.0 Å². The van der Waals surface area contributed by atoms with Crippen LogP contribution in [0, 0.1) is 0 Å². The normalized spacial score (nSPS) is 16.8. The first kappa shape index (κ1) is 32.5. The Morgan fingerprint density at radius 3 is 1.86 bits per heavy atom. The summed E-state index contributed by atoms with van der Waals surface area (Å²) in [5.41, 5.74) is 5.04. The average Bonchev–Trinajstić information content (AvgIpc) is 3.42. The molecule has 5 aromatic carbocycles. The first-order valence-electron chi connectivity index (χ1n) is 16.3. The number of benzene rings is 5. The standard InChI is InChI=1S/C41H40O8/c1-40(48-23-22-47-21-20-42)36-25-31(46-5)15-17-33(36)37-32-16-14-30(45-4)24-35(32)39-34(38(37)40)18-19-41(49-39,26-6-10-28(43-2)11-7-26)27-8-12-29(44-3)13-9-27/h6-19,24-25,42H,20-23H2,1-5H3. The highest BCUT2D eigenvalue weighted by atomic mass is 16.5. The van der Waals surface area contributed by atoms with Gasteiger partial charge < -0.3 is 38.3 Å². The maximum absolute atomic E-state index is 9.25. The smallest absolute Gasteiger partial charge is 0.178 e. The van der Waals surface area contributed by atoms with Gasteiger partial charge in [-0.1, -0.05) is 36.4 Å². The third kappa shape index (κ3) is 5.37. The lowest BCUT2D eigenvalue weighted by atomic mass is 9.80. The van der Waals surface area contributed by atoms with Crippen LogP contribution in [0.2, 0.25) is 0 Å². The lowest BCUT2D eigenvalue weighted by Gasteiger charge is -2.39. The Kier molecular flexibility index (Phi) is 8.71. The number of hydrogen-bond acceptors (Lipinski definition) is 8. The van der Waals surface area contributed by atoms with Gasteiger partial charge in [0.15, 0.2) is 5.60 Å². The van der Waals surface area contributed by atoms with E-state index in [9.17, 15) is 5.11 Å². The van der Waals surface area contributed by atoms with Gasteiger partial charge in [0.2, 0.25) is 0 Å². The second-order valence-corrected chi connectivity index (χ2v) is 12.2. The van der Waals surface area contributed by atoms with E-state index in [1.54, 1.807) is 28.4 Å². The molecule has 1 aliphatic heterocycles. The molecule has 0 radical (unpaired) electrons. The first-order chi connectivity index (χ1) is 23.9. The number of aliphatic hydroxyl groups excluding tert-OH is 1. The van der Waals surface area contributed by atoms with Crippen LogP contribution in [-0.2, 0) is 20.7 Å². The molecule has 1 heterocycles. The molecule has 0 fully saturated rings. The molecule has 0 saturated heterocycles. The Labute approximate surface area is 286 Å². The molecule has 1 unspecified atom stereocenters. The van der Waals surface area contributed by atoms with Gasteiger partial charge in [-0.2, -0.15) is 0 Å². The van der Waals surface area contributed by atoms with Crippen molar-refractivity contribution in [3.63, 3.8) is 0 Å². The number of fused-ring (bicyclic) bond motifs is 8. The van der Waals surface area contributed by atoms with Crippen molar-refractivity contribution in [3.05, 3.63) is 119 Å². The lowest BCUT2D eigenvalue weighted by Crippen LogP contribution is -2.35. The fraction of sp³-hybridized carbons (Fsp3) is 0.268. The van der Waals surface area contributed by atoms with Gasteiger partial charge in [-0.15, -0.1) is 0 Å². The number of hydrogen-bond donors (Lipinski definition) is 1. The van der Waals surface area contributed by atoms with Crippen molar-refractivity contribution in [2.45, 2.75) is 18.1 Å². The molecule has 49 heavy (non-hydrogen) atoms. The van der Waals surface area contributed by atoms with Gasteiger partial charge in [-0.25, -0.2) is 0 Å². The number of methoxy groups -OCH3 is 4. The second kappa shape index (κ2) is 13.1. The molecule has 252 valence electrons. The summed E-state index contributed by atoms with van der Waals surface area (Å²) in [7, 11) is 6.66. The molecule has 8 nitrogen and oxygen atoms in total. The summed E-state index contributed by atoms with van der Waals surface area (Å²) in [5.74, 6) is 3.69. The summed E-state index contributed by atoms with van der Waals surface area (Å²) in [5, 5.41) is 11.2. The Morgan fingerprint density at radius 1 is 0.653 bits per heavy atom. The van der Waals surface area contributed by atoms with Crippen LogP contribution >= 0.6 is 0 Å². The molecule has 5 aromatic rings. The molecule has 0 amide bonds. The van der Waals surface area contributed by atoms with Crippen LogP contribution in [0.5, 0.6) is 28.7 Å². The lowest BCUT2D eigenvalue weighted by molar-refractivity contribution is -0.0378. The molecule has 0 bridgehead atoms. The fourth-order valence-corrected chi connectivity index (χ4v) is 7.20. The number of ether oxygens (including phenoxy) is 7. The van der Waals surface area contributed by atoms with E-state index in [0.717, 1.165) is 72.7 Å². The highest BCUT2D eigenvalue weighted by Crippen LogP contribution is 2.59. The Balaban J connectivity index is 1.50. The van der Waals surface area contributed by atoms with E-state index in [-0.39, 0.29) is 13.2 Å². The fourth-order valence-electron chi connectivity index (χ4n) is 7.20. The van der Waals surface area contributed by atoms with E-state index in [0.29, 0.717) is 19.0 Å². The topological polar surface area (TPSA) is 84.8 Å². The molecule has 1 aliphatic carbocycles. The van der Waals surface area contributed by atoms with Gasteiger partial charge in [0.05, 0.1) is 54.9 Å². The summed E-state index contributed by atoms with van der Waals surface area (Å²) in [6.45, 7) is 2.95. The molecule has 0 saturated carbocycles. The molecule has 0 spiro atoms. The van der Waals surface area contributed by atoms with Crippen LogP contribution in [0.1, 0.15) is 34.7 Å². The summed E-state index contributed by atoms with van der Waals surface area (Å²) in [6.07, 6.45) is 4.29. The third-order valence-electron chi connectivity index (χ3n) is 9.63. The number of rotatable bonds is 12. The average molecular weight is 661 g/mol. The Hall–Kier alpha value is -5.02. The summed E-state index contributed by atoms with van der Waals surface area (Å²) in [6, 6.07) is 28.2. The SMILES string of the molecule is COc1ccc(C2(c3ccc(OC)cc3)C=Cc3c4c(c5ccc(OC)cc5c3O2)-c2ccc(OC)cc2C4(C)OCCOCCO)cc1. The van der Waals surface area contributed by atoms with Crippen LogP contribution in [0.25, 0.3) is 28.0 Å². The van der Waals surface area contributed by atoms with E-state index in [2.05, 4.69) is 37.3 Å². The molecular formula is C41H40O8. The number of aliphatic hydroxyl groups is 1. The maximum atomic E-state index is 9.25. The minimum atomic E-state index is -0.986. The third-order valence-corrected chi connectivity index (χ3v) is 9.63. The summed E-state index contributed by atoms with van der Waals surface area (Å²) in [4.78, 5) is 0. The van der Waals surface area contributed by atoms with Gasteiger partial charge in [0.1, 0.15) is 34.3 Å². The highest BCUT2D eigenvalue weighted by molar-refractivity contribution is 6.08. The van der Waals surface area contributed by atoms with E-state index in [1.165, 1.54) is 0 Å². The van der Waals surface area contributed by atoms with Gasteiger partial charge in [0, 0.05) is 27.6 Å². The maximum Gasteiger partial charge on any atom is 0.178 e. The molecule has 1 N–H and O–H groups in total. The summed E-state index contributed by atoms with van der Waals surface area (Å²) >= 11 is 0. The molecular weight excluding hydrogens is 620 g/mol. The molecule has 8 heteroatoms. The second-order valence-electron chi connectivity index (χ2n) is 12.2. The van der Waals surface area contributed by atoms with Crippen molar-refractivity contribution in [2.75, 3.05) is 54.9 Å². The Bertz CT molecular complexity index is 1970. The van der Waals surface area contributed by atoms with Crippen LogP contribution in [0.3, 0.4) is 0 Å². The summed E-state index contributed by atoms with van der Waals surface area (Å²) < 4.78 is 42.3. The van der Waals surface area contributed by atoms with E-state index in [1.807, 2.05) is 66.7 Å². The molecule has 0 aromatic heterocycles. The van der Waals surface area contributed by atoms with Gasteiger partial charge >= 0.3 is 0 Å². The highest BCUT2D eigenvalue weighted by Gasteiger charge is 2.47. The van der Waals surface area contributed by atoms with Crippen molar-refractivity contribution in [3.8, 4) is 39.9 Å². The minimum Gasteiger partial charge on any atom is -0.497 e. The van der Waals surface area contributed by atoms with Crippen molar-refractivity contribution in [2.24, 2.45) is 0 Å². The van der Waals surface area contributed by atoms with Crippen molar-refractivity contribution in [1.82, 2.24) is 0 Å². The van der Waals surface area contributed by atoms with Crippen molar-refractivity contribution >= 4 is 16.8 Å². The van der Waals surface area contributed by atoms with Crippen LogP contribution < -0.4 is 23.7 Å². The van der Waals surface area contributed by atoms with E-state index in [4.69, 9.17) is 33.2 Å². The zero-order chi connectivity index (χ0) is 34.2. The van der Waals surface area contributed by atoms with Crippen LogP contribution in [0.4, 0.5) is 0 Å². The molecule has 7 rings (SSSR count).